The molecule has 0 saturated carbocycles. The van der Waals surface area contributed by atoms with Gasteiger partial charge in [0.25, 0.3) is 0 Å². The van der Waals surface area contributed by atoms with Crippen molar-refractivity contribution in [3.05, 3.63) is 0 Å². The Morgan fingerprint density at radius 1 is 1.09 bits per heavy atom. The number of hydrogen-bond donors (Lipinski definition) is 5. The van der Waals surface area contributed by atoms with Gasteiger partial charge in [-0.3, -0.25) is 19.2 Å². The zero-order valence-electron chi connectivity index (χ0n) is 12.4. The van der Waals surface area contributed by atoms with Crippen LogP contribution in [0.1, 0.15) is 39.5 Å². The standard InChI is InChI=1S/C13H21NO8/c1-7(15)14-9(5-11(18)19)13(2,22)6-8(12(20)21)3-4-10(16)17/h8-9,22H,3-6H2,1-2H3,(H,14,15)(H,16,17)(H,18,19)(H,20,21). The Labute approximate surface area is 126 Å². The topological polar surface area (TPSA) is 161 Å². The molecule has 0 fully saturated rings. The molecular weight excluding hydrogens is 298 g/mol. The van der Waals surface area contributed by atoms with Gasteiger partial charge in [-0.25, -0.2) is 0 Å². The highest BCUT2D eigenvalue weighted by Gasteiger charge is 2.38. The Balaban J connectivity index is 5.08. The zero-order chi connectivity index (χ0) is 17.5. The van der Waals surface area contributed by atoms with Crippen molar-refractivity contribution in [1.82, 2.24) is 5.32 Å². The van der Waals surface area contributed by atoms with E-state index in [4.69, 9.17) is 15.3 Å². The maximum atomic E-state index is 11.1. The second-order valence-corrected chi connectivity index (χ2v) is 5.38. The number of aliphatic carboxylic acids is 3. The normalized spacial score (nSPS) is 16.1. The zero-order valence-corrected chi connectivity index (χ0v) is 12.4. The van der Waals surface area contributed by atoms with E-state index >= 15 is 0 Å². The molecule has 0 saturated heterocycles. The summed E-state index contributed by atoms with van der Waals surface area (Å²) in [7, 11) is 0. The van der Waals surface area contributed by atoms with Crippen LogP contribution < -0.4 is 5.32 Å². The molecule has 1 amide bonds. The fourth-order valence-corrected chi connectivity index (χ4v) is 2.10. The molecule has 3 atom stereocenters. The molecule has 0 bridgehead atoms. The SMILES string of the molecule is CC(=O)NC(CC(=O)O)C(C)(O)CC(CCC(=O)O)C(=O)O. The summed E-state index contributed by atoms with van der Waals surface area (Å²) < 4.78 is 0. The molecule has 9 heteroatoms. The van der Waals surface area contributed by atoms with Crippen molar-refractivity contribution in [2.45, 2.75) is 51.2 Å². The molecule has 0 aromatic rings. The van der Waals surface area contributed by atoms with Crippen LogP contribution in [-0.2, 0) is 19.2 Å². The summed E-state index contributed by atoms with van der Waals surface area (Å²) >= 11 is 0. The molecule has 5 N–H and O–H groups in total. The average molecular weight is 319 g/mol. The van der Waals surface area contributed by atoms with Crippen molar-refractivity contribution < 1.29 is 39.6 Å². The third-order valence-electron chi connectivity index (χ3n) is 3.22. The molecule has 126 valence electrons. The number of nitrogens with one attached hydrogen (secondary N) is 1. The summed E-state index contributed by atoms with van der Waals surface area (Å²) in [5.74, 6) is -5.47. The summed E-state index contributed by atoms with van der Waals surface area (Å²) in [6, 6.07) is -1.19. The number of carboxylic acids is 3. The maximum absolute atomic E-state index is 11.1. The van der Waals surface area contributed by atoms with Crippen LogP contribution in [0, 0.1) is 5.92 Å². The van der Waals surface area contributed by atoms with Crippen molar-refractivity contribution in [2.24, 2.45) is 5.92 Å². The highest BCUT2D eigenvalue weighted by Crippen LogP contribution is 2.26. The van der Waals surface area contributed by atoms with E-state index in [0.29, 0.717) is 0 Å². The maximum Gasteiger partial charge on any atom is 0.306 e. The van der Waals surface area contributed by atoms with Crippen LogP contribution in [0.3, 0.4) is 0 Å². The summed E-state index contributed by atoms with van der Waals surface area (Å²) in [5, 5.41) is 39.2. The summed E-state index contributed by atoms with van der Waals surface area (Å²) in [6.45, 7) is 2.36. The molecule has 0 aliphatic carbocycles. The van der Waals surface area contributed by atoms with Crippen LogP contribution in [0.25, 0.3) is 0 Å². The largest absolute Gasteiger partial charge is 0.481 e. The number of aliphatic hydroxyl groups is 1. The van der Waals surface area contributed by atoms with Crippen molar-refractivity contribution in [2.75, 3.05) is 0 Å². The number of carbonyl (C=O) groups excluding carboxylic acids is 1. The van der Waals surface area contributed by atoms with Gasteiger partial charge in [0, 0.05) is 13.3 Å². The molecule has 3 unspecified atom stereocenters. The molecule has 0 aromatic heterocycles. The Morgan fingerprint density at radius 3 is 2.00 bits per heavy atom. The van der Waals surface area contributed by atoms with Gasteiger partial charge >= 0.3 is 17.9 Å². The summed E-state index contributed by atoms with van der Waals surface area (Å²) in [6.07, 6.45) is -1.57. The molecule has 0 aromatic carbocycles. The molecule has 22 heavy (non-hydrogen) atoms. The highest BCUT2D eigenvalue weighted by molar-refractivity contribution is 5.75. The molecule has 0 spiro atoms. The van der Waals surface area contributed by atoms with E-state index in [1.165, 1.54) is 6.92 Å². The van der Waals surface area contributed by atoms with E-state index in [9.17, 15) is 24.3 Å². The molecule has 0 aliphatic heterocycles. The van der Waals surface area contributed by atoms with Crippen LogP contribution in [0.5, 0.6) is 0 Å². The first kappa shape index (κ1) is 19.8. The minimum absolute atomic E-state index is 0.208. The third-order valence-corrected chi connectivity index (χ3v) is 3.22. The van der Waals surface area contributed by atoms with Gasteiger partial charge in [-0.15, -0.1) is 0 Å². The second kappa shape index (κ2) is 8.32. The smallest absolute Gasteiger partial charge is 0.306 e. The molecular formula is C13H21NO8. The quantitative estimate of drug-likeness (QED) is 0.366. The lowest BCUT2D eigenvalue weighted by Crippen LogP contribution is -2.52. The lowest BCUT2D eigenvalue weighted by Gasteiger charge is -2.34. The fraction of sp³-hybridized carbons (Fsp3) is 0.692. The number of rotatable bonds is 10. The lowest BCUT2D eigenvalue weighted by molar-refractivity contribution is -0.146. The van der Waals surface area contributed by atoms with E-state index in [-0.39, 0.29) is 12.8 Å². The van der Waals surface area contributed by atoms with Crippen LogP contribution in [-0.4, -0.2) is 55.9 Å². The number of carbonyl (C=O) groups is 4. The average Bonchev–Trinajstić information content (AvgIpc) is 2.31. The molecule has 0 radical (unpaired) electrons. The van der Waals surface area contributed by atoms with Crippen LogP contribution in [0.2, 0.25) is 0 Å². The van der Waals surface area contributed by atoms with Crippen molar-refractivity contribution in [3.63, 3.8) is 0 Å². The van der Waals surface area contributed by atoms with Gasteiger partial charge in [-0.1, -0.05) is 0 Å². The molecule has 0 rings (SSSR count). The summed E-state index contributed by atoms with van der Waals surface area (Å²) in [4.78, 5) is 43.6. The predicted octanol–water partition coefficient (Wildman–Crippen LogP) is -0.327. The Morgan fingerprint density at radius 2 is 1.64 bits per heavy atom. The Bertz CT molecular complexity index is 429. The molecule has 0 heterocycles. The number of amides is 1. The van der Waals surface area contributed by atoms with E-state index in [0.717, 1.165) is 6.92 Å². The minimum atomic E-state index is -1.81. The first-order valence-electron chi connectivity index (χ1n) is 6.61. The third kappa shape index (κ3) is 7.58. The van der Waals surface area contributed by atoms with Gasteiger partial charge in [-0.05, 0) is 19.8 Å². The fourth-order valence-electron chi connectivity index (χ4n) is 2.10. The van der Waals surface area contributed by atoms with Crippen molar-refractivity contribution >= 4 is 23.8 Å². The van der Waals surface area contributed by atoms with E-state index in [2.05, 4.69) is 5.32 Å². The van der Waals surface area contributed by atoms with Crippen molar-refractivity contribution in [1.29, 1.82) is 0 Å². The van der Waals surface area contributed by atoms with E-state index < -0.39 is 54.2 Å². The number of carboxylic acid groups (broad SMARTS) is 3. The molecule has 0 aliphatic rings. The van der Waals surface area contributed by atoms with Crippen molar-refractivity contribution in [3.8, 4) is 0 Å². The predicted molar refractivity (Wildman–Crippen MR) is 73.1 cm³/mol. The van der Waals surface area contributed by atoms with Gasteiger partial charge in [0.1, 0.15) is 0 Å². The minimum Gasteiger partial charge on any atom is -0.481 e. The van der Waals surface area contributed by atoms with Crippen LogP contribution in [0.15, 0.2) is 0 Å². The Hall–Kier alpha value is -2.16. The lowest BCUT2D eigenvalue weighted by atomic mass is 9.82. The second-order valence-electron chi connectivity index (χ2n) is 5.38. The van der Waals surface area contributed by atoms with Gasteiger partial charge in [0.05, 0.1) is 24.0 Å². The van der Waals surface area contributed by atoms with Gasteiger partial charge in [-0.2, -0.15) is 0 Å². The monoisotopic (exact) mass is 319 g/mol. The molecule has 9 nitrogen and oxygen atoms in total. The van der Waals surface area contributed by atoms with Gasteiger partial charge < -0.3 is 25.7 Å². The first-order valence-corrected chi connectivity index (χ1v) is 6.61. The van der Waals surface area contributed by atoms with E-state index in [1.54, 1.807) is 0 Å². The van der Waals surface area contributed by atoms with Gasteiger partial charge in [0.2, 0.25) is 5.91 Å². The number of hydrogen-bond acceptors (Lipinski definition) is 5. The first-order chi connectivity index (χ1) is 9.95. The van der Waals surface area contributed by atoms with Crippen LogP contribution >= 0.6 is 0 Å². The highest BCUT2D eigenvalue weighted by atomic mass is 16.4. The summed E-state index contributed by atoms with van der Waals surface area (Å²) in [5.41, 5.74) is -1.81. The Kier molecular flexibility index (Phi) is 7.51. The van der Waals surface area contributed by atoms with E-state index in [1.807, 2.05) is 0 Å². The van der Waals surface area contributed by atoms with Gasteiger partial charge in [0.15, 0.2) is 0 Å². The van der Waals surface area contributed by atoms with Crippen LogP contribution in [0.4, 0.5) is 0 Å².